The molecule has 0 radical (unpaired) electrons. The number of nitrogens with one attached hydrogen (secondary N) is 2. The summed E-state index contributed by atoms with van der Waals surface area (Å²) in [6.45, 7) is 4.13. The molecule has 0 atom stereocenters. The lowest BCUT2D eigenvalue weighted by molar-refractivity contribution is -0.125. The second-order valence-electron chi connectivity index (χ2n) is 9.82. The minimum absolute atomic E-state index is 0.0947. The number of hydrogen-bond donors (Lipinski definition) is 2. The van der Waals surface area contributed by atoms with Crippen molar-refractivity contribution in [3.05, 3.63) is 29.2 Å². The minimum atomic E-state index is -3.69. The van der Waals surface area contributed by atoms with Gasteiger partial charge in [-0.15, -0.1) is 0 Å². The number of benzene rings is 1. The highest BCUT2D eigenvalue weighted by Crippen LogP contribution is 2.36. The van der Waals surface area contributed by atoms with E-state index in [4.69, 9.17) is 9.73 Å². The van der Waals surface area contributed by atoms with Crippen molar-refractivity contribution in [1.82, 2.24) is 9.62 Å². The van der Waals surface area contributed by atoms with Crippen LogP contribution < -0.4 is 15.4 Å². The van der Waals surface area contributed by atoms with Gasteiger partial charge in [-0.25, -0.2) is 8.42 Å². The van der Waals surface area contributed by atoms with E-state index in [1.54, 1.807) is 18.2 Å². The van der Waals surface area contributed by atoms with Crippen LogP contribution in [0.25, 0.3) is 6.08 Å². The first-order valence-electron chi connectivity index (χ1n) is 12.2. The fraction of sp³-hybridized carbons (Fsp3) is 0.560. The average Bonchev–Trinajstić information content (AvgIpc) is 3.13. The van der Waals surface area contributed by atoms with E-state index in [0.717, 1.165) is 42.8 Å². The summed E-state index contributed by atoms with van der Waals surface area (Å²) in [5.41, 5.74) is 0.287. The van der Waals surface area contributed by atoms with Crippen molar-refractivity contribution in [2.24, 2.45) is 16.8 Å². The van der Waals surface area contributed by atoms with Crippen molar-refractivity contribution in [1.29, 1.82) is 0 Å². The highest BCUT2D eigenvalue weighted by atomic mass is 32.2. The third kappa shape index (κ3) is 5.59. The van der Waals surface area contributed by atoms with Crippen LogP contribution in [-0.4, -0.2) is 56.1 Å². The van der Waals surface area contributed by atoms with E-state index in [1.165, 1.54) is 24.4 Å². The van der Waals surface area contributed by atoms with Crippen molar-refractivity contribution in [3.63, 3.8) is 0 Å². The molecule has 0 unspecified atom stereocenters. The Morgan fingerprint density at radius 1 is 1.23 bits per heavy atom. The average molecular weight is 503 g/mol. The van der Waals surface area contributed by atoms with Crippen LogP contribution in [0.5, 0.6) is 5.75 Å². The molecule has 1 aliphatic carbocycles. The molecular weight excluding hydrogens is 468 g/mol. The number of ether oxygens (including phenoxy) is 1. The molecule has 4 rings (SSSR count). The first-order valence-corrected chi connectivity index (χ1v) is 13.7. The fourth-order valence-electron chi connectivity index (χ4n) is 5.09. The molecule has 1 saturated heterocycles. The van der Waals surface area contributed by atoms with Gasteiger partial charge < -0.3 is 15.4 Å². The molecule has 3 aliphatic rings. The van der Waals surface area contributed by atoms with Gasteiger partial charge in [-0.2, -0.15) is 4.31 Å². The molecule has 190 valence electrons. The van der Waals surface area contributed by atoms with Crippen molar-refractivity contribution in [3.8, 4) is 5.75 Å². The number of nitrogens with zero attached hydrogens (tertiary/aromatic N) is 2. The van der Waals surface area contributed by atoms with Gasteiger partial charge in [0.2, 0.25) is 15.9 Å². The van der Waals surface area contributed by atoms with E-state index in [1.807, 2.05) is 0 Å². The summed E-state index contributed by atoms with van der Waals surface area (Å²) in [6, 6.07) is 5.01. The summed E-state index contributed by atoms with van der Waals surface area (Å²) in [7, 11) is -2.21. The Morgan fingerprint density at radius 3 is 2.54 bits per heavy atom. The Morgan fingerprint density at radius 2 is 1.91 bits per heavy atom. The topological polar surface area (TPSA) is 117 Å². The van der Waals surface area contributed by atoms with Crippen molar-refractivity contribution < 1.29 is 22.7 Å². The molecule has 0 bridgehead atoms. The second kappa shape index (κ2) is 10.1. The van der Waals surface area contributed by atoms with Gasteiger partial charge in [0.15, 0.2) is 0 Å². The number of aliphatic imine (C=N–C) groups is 1. The van der Waals surface area contributed by atoms with Gasteiger partial charge in [-0.1, -0.05) is 19.8 Å². The van der Waals surface area contributed by atoms with E-state index in [9.17, 15) is 18.0 Å². The number of anilines is 1. The summed E-state index contributed by atoms with van der Waals surface area (Å²) in [5.74, 6) is 1.96. The highest BCUT2D eigenvalue weighted by molar-refractivity contribution is 7.92. The quantitative estimate of drug-likeness (QED) is 0.620. The van der Waals surface area contributed by atoms with Crippen LogP contribution in [0, 0.1) is 11.8 Å². The monoisotopic (exact) mass is 502 g/mol. The third-order valence-electron chi connectivity index (χ3n) is 7.28. The number of piperidine rings is 1. The molecule has 1 spiro atoms. The lowest BCUT2D eigenvalue weighted by Gasteiger charge is -2.34. The molecular formula is C25H34N4O5S. The molecule has 10 heteroatoms. The van der Waals surface area contributed by atoms with E-state index >= 15 is 0 Å². The molecule has 1 saturated carbocycles. The summed E-state index contributed by atoms with van der Waals surface area (Å²) in [5, 5.41) is 6.85. The van der Waals surface area contributed by atoms with Gasteiger partial charge in [0.1, 0.15) is 17.1 Å². The number of carbonyl (C=O) groups is 2. The van der Waals surface area contributed by atoms with E-state index in [-0.39, 0.29) is 24.9 Å². The summed E-state index contributed by atoms with van der Waals surface area (Å²) >= 11 is 0. The Hall–Kier alpha value is -2.72. The van der Waals surface area contributed by atoms with Gasteiger partial charge in [0.05, 0.1) is 7.11 Å². The predicted molar refractivity (Wildman–Crippen MR) is 135 cm³/mol. The zero-order chi connectivity index (χ0) is 25.2. The van der Waals surface area contributed by atoms with Crippen LogP contribution >= 0.6 is 0 Å². The van der Waals surface area contributed by atoms with Gasteiger partial charge in [0.25, 0.3) is 5.91 Å². The SMILES string of the molecule is COc1cc(NC(C)=O)ccc1/C=C/S(=O)(=O)N1CCC2(CC1)N=C(C1CCC(C)CC1)NC2=O. The highest BCUT2D eigenvalue weighted by Gasteiger charge is 2.48. The van der Waals surface area contributed by atoms with E-state index < -0.39 is 15.6 Å². The number of amidine groups is 1. The van der Waals surface area contributed by atoms with Gasteiger partial charge >= 0.3 is 0 Å². The summed E-state index contributed by atoms with van der Waals surface area (Å²) in [4.78, 5) is 29.0. The standard InChI is InChI=1S/C25H34N4O5S/c1-17-4-6-20(7-5-17)23-27-24(31)25(28-23)11-13-29(14-12-25)35(32,33)15-10-19-8-9-21(26-18(2)30)16-22(19)34-3/h8-10,15-17,20H,4-7,11-14H2,1-3H3,(H,26,30)(H,27,28,31)/b15-10+. The van der Waals surface area contributed by atoms with Crippen LogP contribution in [0.2, 0.25) is 0 Å². The number of methoxy groups -OCH3 is 1. The summed E-state index contributed by atoms with van der Waals surface area (Å²) in [6.07, 6.45) is 6.59. The van der Waals surface area contributed by atoms with E-state index in [0.29, 0.717) is 35.8 Å². The Balaban J connectivity index is 1.42. The molecule has 1 aromatic carbocycles. The first kappa shape index (κ1) is 25.4. The predicted octanol–water partition coefficient (Wildman–Crippen LogP) is 3.14. The molecule has 0 aromatic heterocycles. The lowest BCUT2D eigenvalue weighted by atomic mass is 9.82. The molecule has 2 heterocycles. The van der Waals surface area contributed by atoms with Crippen LogP contribution in [0.4, 0.5) is 5.69 Å². The van der Waals surface area contributed by atoms with Gasteiger partial charge in [-0.05, 0) is 49.8 Å². The van der Waals surface area contributed by atoms with Crippen molar-refractivity contribution in [2.75, 3.05) is 25.5 Å². The molecule has 2 N–H and O–H groups in total. The van der Waals surface area contributed by atoms with Crippen LogP contribution in [0.3, 0.4) is 0 Å². The molecule has 2 fully saturated rings. The number of carbonyl (C=O) groups excluding carboxylic acids is 2. The Labute approximate surface area is 207 Å². The van der Waals surface area contributed by atoms with Crippen LogP contribution in [-0.2, 0) is 19.6 Å². The van der Waals surface area contributed by atoms with Crippen molar-refractivity contribution in [2.45, 2.75) is 57.9 Å². The van der Waals surface area contributed by atoms with Crippen molar-refractivity contribution >= 4 is 39.4 Å². The normalized spacial score (nSPS) is 24.9. The number of hydrogen-bond acceptors (Lipinski definition) is 6. The summed E-state index contributed by atoms with van der Waals surface area (Å²) < 4.78 is 32.8. The third-order valence-corrected chi connectivity index (χ3v) is 8.85. The molecule has 9 nitrogen and oxygen atoms in total. The number of sulfonamides is 1. The minimum Gasteiger partial charge on any atom is -0.496 e. The number of rotatable bonds is 6. The van der Waals surface area contributed by atoms with E-state index in [2.05, 4.69) is 17.6 Å². The second-order valence-corrected chi connectivity index (χ2v) is 11.6. The molecule has 1 aromatic rings. The number of amides is 2. The smallest absolute Gasteiger partial charge is 0.253 e. The van der Waals surface area contributed by atoms with Gasteiger partial charge in [-0.3, -0.25) is 14.6 Å². The Bertz CT molecular complexity index is 1140. The van der Waals surface area contributed by atoms with Gasteiger partial charge in [0, 0.05) is 48.7 Å². The fourth-order valence-corrected chi connectivity index (χ4v) is 6.28. The molecule has 35 heavy (non-hydrogen) atoms. The van der Waals surface area contributed by atoms with Crippen LogP contribution in [0.15, 0.2) is 28.6 Å². The maximum Gasteiger partial charge on any atom is 0.253 e. The lowest BCUT2D eigenvalue weighted by Crippen LogP contribution is -2.50. The zero-order valence-electron chi connectivity index (χ0n) is 20.5. The molecule has 2 aliphatic heterocycles. The Kier molecular flexibility index (Phi) is 7.32. The largest absolute Gasteiger partial charge is 0.496 e. The maximum atomic E-state index is 13.0. The van der Waals surface area contributed by atoms with Crippen LogP contribution in [0.1, 0.15) is 57.9 Å². The first-order chi connectivity index (χ1) is 16.6. The zero-order valence-corrected chi connectivity index (χ0v) is 21.4. The molecule has 2 amide bonds. The maximum absolute atomic E-state index is 13.0.